The van der Waals surface area contributed by atoms with Gasteiger partial charge in [-0.25, -0.2) is 0 Å². The molecule has 2 unspecified atom stereocenters. The monoisotopic (exact) mass is 222 g/mol. The predicted molar refractivity (Wildman–Crippen MR) is 61.3 cm³/mol. The molecule has 1 aliphatic heterocycles. The normalized spacial score (nSPS) is 25.4. The lowest BCUT2D eigenvalue weighted by molar-refractivity contribution is 0.0885. The molecule has 4 nitrogen and oxygen atoms in total. The van der Waals surface area contributed by atoms with Gasteiger partial charge in [-0.1, -0.05) is 6.92 Å². The Balaban J connectivity index is 1.99. The van der Waals surface area contributed by atoms with Crippen LogP contribution in [-0.2, 0) is 0 Å². The summed E-state index contributed by atoms with van der Waals surface area (Å²) in [4.78, 5) is 11.9. The zero-order valence-electron chi connectivity index (χ0n) is 9.75. The number of furan rings is 1. The Bertz CT molecular complexity index is 373. The van der Waals surface area contributed by atoms with Gasteiger partial charge in [0.05, 0.1) is 6.26 Å². The van der Waals surface area contributed by atoms with E-state index in [-0.39, 0.29) is 11.9 Å². The molecule has 2 atom stereocenters. The number of aryl methyl sites for hydroxylation is 1. The number of piperidine rings is 1. The summed E-state index contributed by atoms with van der Waals surface area (Å²) < 4.78 is 5.18. The van der Waals surface area contributed by atoms with Crippen molar-refractivity contribution in [1.82, 2.24) is 10.6 Å². The molecule has 0 bridgehead atoms. The first-order valence-corrected chi connectivity index (χ1v) is 5.74. The molecule has 0 spiro atoms. The molecule has 1 aliphatic rings. The van der Waals surface area contributed by atoms with Crippen molar-refractivity contribution in [2.45, 2.75) is 26.3 Å². The molecule has 0 aromatic carbocycles. The topological polar surface area (TPSA) is 54.3 Å². The van der Waals surface area contributed by atoms with E-state index in [0.29, 0.717) is 11.7 Å². The summed E-state index contributed by atoms with van der Waals surface area (Å²) in [6, 6.07) is 2.05. The Labute approximate surface area is 95.4 Å². The van der Waals surface area contributed by atoms with E-state index < -0.39 is 0 Å². The summed E-state index contributed by atoms with van der Waals surface area (Å²) in [5.41, 5.74) is 0.888. The van der Waals surface area contributed by atoms with E-state index in [9.17, 15) is 4.79 Å². The lowest BCUT2D eigenvalue weighted by Crippen LogP contribution is -2.48. The van der Waals surface area contributed by atoms with Crippen molar-refractivity contribution in [3.8, 4) is 0 Å². The average molecular weight is 222 g/mol. The van der Waals surface area contributed by atoms with E-state index in [1.807, 2.05) is 6.92 Å². The maximum atomic E-state index is 11.9. The number of nitrogens with one attached hydrogen (secondary N) is 2. The lowest BCUT2D eigenvalue weighted by Gasteiger charge is -2.29. The molecule has 2 N–H and O–H groups in total. The summed E-state index contributed by atoms with van der Waals surface area (Å²) >= 11 is 0. The summed E-state index contributed by atoms with van der Waals surface area (Å²) in [5.74, 6) is 0.806. The van der Waals surface area contributed by atoms with Crippen LogP contribution in [0.25, 0.3) is 0 Å². The number of carbonyl (C=O) groups is 1. The fourth-order valence-corrected chi connectivity index (χ4v) is 2.07. The van der Waals surface area contributed by atoms with Crippen molar-refractivity contribution in [2.24, 2.45) is 5.92 Å². The van der Waals surface area contributed by atoms with E-state index in [1.54, 1.807) is 12.3 Å². The smallest absolute Gasteiger partial charge is 0.287 e. The Morgan fingerprint density at radius 3 is 3.06 bits per heavy atom. The van der Waals surface area contributed by atoms with Crippen molar-refractivity contribution in [3.63, 3.8) is 0 Å². The number of hydrogen-bond acceptors (Lipinski definition) is 3. The van der Waals surface area contributed by atoms with E-state index in [2.05, 4.69) is 17.6 Å². The number of amides is 1. The molecule has 1 aromatic heterocycles. The standard InChI is InChI=1S/C12H18N2O2/c1-8-4-6-16-11(8)12(15)14-10-3-5-13-7-9(10)2/h4,6,9-10,13H,3,5,7H2,1-2H3,(H,14,15). The predicted octanol–water partition coefficient (Wildman–Crippen LogP) is 1.32. The van der Waals surface area contributed by atoms with Gasteiger partial charge in [-0.15, -0.1) is 0 Å². The molecule has 16 heavy (non-hydrogen) atoms. The maximum absolute atomic E-state index is 11.9. The van der Waals surface area contributed by atoms with Crippen LogP contribution in [-0.4, -0.2) is 25.0 Å². The molecule has 2 rings (SSSR count). The van der Waals surface area contributed by atoms with Crippen LogP contribution in [0, 0.1) is 12.8 Å². The first-order valence-electron chi connectivity index (χ1n) is 5.74. The second kappa shape index (κ2) is 4.70. The van der Waals surface area contributed by atoms with Gasteiger partial charge in [0.25, 0.3) is 5.91 Å². The molecular formula is C12H18N2O2. The van der Waals surface area contributed by atoms with Gasteiger partial charge in [-0.05, 0) is 38.4 Å². The minimum atomic E-state index is -0.0961. The molecule has 0 radical (unpaired) electrons. The number of carbonyl (C=O) groups excluding carboxylic acids is 1. The van der Waals surface area contributed by atoms with Gasteiger partial charge in [0, 0.05) is 11.6 Å². The van der Waals surface area contributed by atoms with Crippen molar-refractivity contribution < 1.29 is 9.21 Å². The van der Waals surface area contributed by atoms with E-state index in [4.69, 9.17) is 4.42 Å². The van der Waals surface area contributed by atoms with Crippen molar-refractivity contribution >= 4 is 5.91 Å². The van der Waals surface area contributed by atoms with Crippen LogP contribution in [0.2, 0.25) is 0 Å². The largest absolute Gasteiger partial charge is 0.459 e. The van der Waals surface area contributed by atoms with Gasteiger partial charge in [-0.3, -0.25) is 4.79 Å². The highest BCUT2D eigenvalue weighted by Gasteiger charge is 2.24. The summed E-state index contributed by atoms with van der Waals surface area (Å²) in [6.45, 7) is 5.95. The van der Waals surface area contributed by atoms with Gasteiger partial charge >= 0.3 is 0 Å². The van der Waals surface area contributed by atoms with Gasteiger partial charge in [0.1, 0.15) is 0 Å². The molecule has 0 aliphatic carbocycles. The third-order valence-corrected chi connectivity index (χ3v) is 3.17. The molecule has 2 heterocycles. The second-order valence-electron chi connectivity index (χ2n) is 4.48. The first-order chi connectivity index (χ1) is 7.68. The maximum Gasteiger partial charge on any atom is 0.287 e. The zero-order chi connectivity index (χ0) is 11.5. The molecule has 1 fully saturated rings. The van der Waals surface area contributed by atoms with Gasteiger partial charge in [0.2, 0.25) is 0 Å². The van der Waals surface area contributed by atoms with Gasteiger partial charge in [0.15, 0.2) is 5.76 Å². The highest BCUT2D eigenvalue weighted by Crippen LogP contribution is 2.13. The van der Waals surface area contributed by atoms with Gasteiger partial charge in [-0.2, -0.15) is 0 Å². The Morgan fingerprint density at radius 2 is 2.44 bits per heavy atom. The average Bonchev–Trinajstić information content (AvgIpc) is 2.68. The first kappa shape index (κ1) is 11.2. The third-order valence-electron chi connectivity index (χ3n) is 3.17. The Hall–Kier alpha value is -1.29. The summed E-state index contributed by atoms with van der Waals surface area (Å²) in [6.07, 6.45) is 2.53. The highest BCUT2D eigenvalue weighted by atomic mass is 16.3. The van der Waals surface area contributed by atoms with Crippen LogP contribution in [0.3, 0.4) is 0 Å². The zero-order valence-corrected chi connectivity index (χ0v) is 9.75. The second-order valence-corrected chi connectivity index (χ2v) is 4.48. The quantitative estimate of drug-likeness (QED) is 0.793. The molecule has 88 valence electrons. The Kier molecular flexibility index (Phi) is 3.29. The lowest BCUT2D eigenvalue weighted by atomic mass is 9.95. The minimum Gasteiger partial charge on any atom is -0.459 e. The van der Waals surface area contributed by atoms with E-state index in [0.717, 1.165) is 25.1 Å². The number of rotatable bonds is 2. The third kappa shape index (κ3) is 2.27. The van der Waals surface area contributed by atoms with Crippen molar-refractivity contribution in [2.75, 3.05) is 13.1 Å². The fraction of sp³-hybridized carbons (Fsp3) is 0.583. The summed E-state index contributed by atoms with van der Waals surface area (Å²) in [5, 5.41) is 6.35. The molecular weight excluding hydrogens is 204 g/mol. The van der Waals surface area contributed by atoms with Crippen LogP contribution >= 0.6 is 0 Å². The number of hydrogen-bond donors (Lipinski definition) is 2. The highest BCUT2D eigenvalue weighted by molar-refractivity contribution is 5.93. The van der Waals surface area contributed by atoms with Crippen molar-refractivity contribution in [1.29, 1.82) is 0 Å². The molecule has 0 saturated carbocycles. The van der Waals surface area contributed by atoms with Crippen molar-refractivity contribution in [3.05, 3.63) is 23.7 Å². The van der Waals surface area contributed by atoms with Crippen LogP contribution < -0.4 is 10.6 Å². The summed E-state index contributed by atoms with van der Waals surface area (Å²) in [7, 11) is 0. The van der Waals surface area contributed by atoms with Crippen LogP contribution in [0.15, 0.2) is 16.7 Å². The Morgan fingerprint density at radius 1 is 1.62 bits per heavy atom. The molecule has 1 amide bonds. The van der Waals surface area contributed by atoms with Crippen LogP contribution in [0.1, 0.15) is 29.5 Å². The van der Waals surface area contributed by atoms with Gasteiger partial charge < -0.3 is 15.1 Å². The molecule has 4 heteroatoms. The van der Waals surface area contributed by atoms with Crippen LogP contribution in [0.5, 0.6) is 0 Å². The molecule has 1 aromatic rings. The van der Waals surface area contributed by atoms with Crippen LogP contribution in [0.4, 0.5) is 0 Å². The molecule has 1 saturated heterocycles. The fourth-order valence-electron chi connectivity index (χ4n) is 2.07. The van der Waals surface area contributed by atoms with E-state index in [1.165, 1.54) is 0 Å². The minimum absolute atomic E-state index is 0.0961. The SMILES string of the molecule is Cc1ccoc1C(=O)NC1CCNCC1C. The van der Waals surface area contributed by atoms with E-state index >= 15 is 0 Å².